The molecule has 58 valence electrons. The van der Waals surface area contributed by atoms with Crippen LogP contribution in [0.5, 0.6) is 0 Å². The number of hydrogen-bond donors (Lipinski definition) is 0. The van der Waals surface area contributed by atoms with Crippen LogP contribution in [0.15, 0.2) is 5.16 Å². The predicted octanol–water partition coefficient (Wildman–Crippen LogP) is 2.17. The van der Waals surface area contributed by atoms with Gasteiger partial charge in [-0.15, -0.1) is 11.6 Å². The molecular formula is C7H12ClNO. The van der Waals surface area contributed by atoms with E-state index >= 15 is 0 Å². The molecule has 0 N–H and O–H groups in total. The van der Waals surface area contributed by atoms with Gasteiger partial charge >= 0.3 is 0 Å². The van der Waals surface area contributed by atoms with Gasteiger partial charge in [-0.1, -0.05) is 12.1 Å². The topological polar surface area (TPSA) is 21.6 Å². The molecule has 1 rings (SSSR count). The van der Waals surface area contributed by atoms with Gasteiger partial charge < -0.3 is 4.84 Å². The molecule has 0 fully saturated rings. The summed E-state index contributed by atoms with van der Waals surface area (Å²) in [6, 6.07) is 0. The van der Waals surface area contributed by atoms with E-state index in [0.29, 0.717) is 0 Å². The van der Waals surface area contributed by atoms with Crippen LogP contribution in [0.2, 0.25) is 0 Å². The van der Waals surface area contributed by atoms with Crippen LogP contribution in [0.3, 0.4) is 0 Å². The number of rotatable bonds is 2. The maximum absolute atomic E-state index is 5.81. The Morgan fingerprint density at radius 2 is 2.60 bits per heavy atom. The van der Waals surface area contributed by atoms with E-state index in [1.807, 2.05) is 6.92 Å². The van der Waals surface area contributed by atoms with Crippen molar-refractivity contribution in [2.75, 3.05) is 0 Å². The zero-order valence-corrected chi connectivity index (χ0v) is 7.06. The van der Waals surface area contributed by atoms with Crippen molar-refractivity contribution in [3.63, 3.8) is 0 Å². The molecule has 0 bridgehead atoms. The summed E-state index contributed by atoms with van der Waals surface area (Å²) >= 11 is 5.81. The molecule has 0 aromatic heterocycles. The van der Waals surface area contributed by atoms with Crippen LogP contribution in [-0.2, 0) is 4.84 Å². The van der Waals surface area contributed by atoms with Gasteiger partial charge in [-0.2, -0.15) is 0 Å². The van der Waals surface area contributed by atoms with Crippen molar-refractivity contribution in [3.8, 4) is 0 Å². The number of alkyl halides is 1. The van der Waals surface area contributed by atoms with Gasteiger partial charge in [-0.25, -0.2) is 0 Å². The minimum atomic E-state index is 0.0628. The van der Waals surface area contributed by atoms with Gasteiger partial charge in [0, 0.05) is 6.42 Å². The molecule has 3 heteroatoms. The molecule has 1 aliphatic heterocycles. The van der Waals surface area contributed by atoms with Crippen molar-refractivity contribution in [3.05, 3.63) is 0 Å². The van der Waals surface area contributed by atoms with E-state index in [1.165, 1.54) is 0 Å². The lowest BCUT2D eigenvalue weighted by Crippen LogP contribution is -2.17. The predicted molar refractivity (Wildman–Crippen MR) is 42.5 cm³/mol. The summed E-state index contributed by atoms with van der Waals surface area (Å²) in [7, 11) is 0. The van der Waals surface area contributed by atoms with Gasteiger partial charge in [0.05, 0.1) is 11.1 Å². The zero-order chi connectivity index (χ0) is 7.56. The molecule has 0 aliphatic carbocycles. The lowest BCUT2D eigenvalue weighted by molar-refractivity contribution is 0.0854. The fourth-order valence-corrected chi connectivity index (χ4v) is 1.04. The highest BCUT2D eigenvalue weighted by molar-refractivity contribution is 6.21. The average Bonchev–Trinajstić information content (AvgIpc) is 2.34. The Balaban J connectivity index is 2.36. The zero-order valence-electron chi connectivity index (χ0n) is 6.30. The van der Waals surface area contributed by atoms with Crippen LogP contribution in [0.1, 0.15) is 26.7 Å². The van der Waals surface area contributed by atoms with Crippen molar-refractivity contribution in [1.82, 2.24) is 0 Å². The number of nitrogens with zero attached hydrogens (tertiary/aromatic N) is 1. The Kier molecular flexibility index (Phi) is 2.55. The molecule has 0 radical (unpaired) electrons. The van der Waals surface area contributed by atoms with Crippen LogP contribution < -0.4 is 0 Å². The van der Waals surface area contributed by atoms with Gasteiger partial charge in [-0.3, -0.25) is 0 Å². The second kappa shape index (κ2) is 3.24. The van der Waals surface area contributed by atoms with E-state index < -0.39 is 0 Å². The maximum Gasteiger partial charge on any atom is 0.148 e. The van der Waals surface area contributed by atoms with E-state index in [0.717, 1.165) is 18.6 Å². The first-order valence-corrected chi connectivity index (χ1v) is 4.03. The summed E-state index contributed by atoms with van der Waals surface area (Å²) < 4.78 is 0. The Morgan fingerprint density at radius 1 is 1.90 bits per heavy atom. The molecule has 0 aromatic carbocycles. The first kappa shape index (κ1) is 7.86. The Bertz CT molecular complexity index is 145. The summed E-state index contributed by atoms with van der Waals surface area (Å²) in [6.07, 6.45) is 1.98. The van der Waals surface area contributed by atoms with E-state index in [4.69, 9.17) is 16.4 Å². The summed E-state index contributed by atoms with van der Waals surface area (Å²) in [6.45, 7) is 4.00. The van der Waals surface area contributed by atoms with Crippen LogP contribution >= 0.6 is 11.6 Å². The molecule has 1 heterocycles. The van der Waals surface area contributed by atoms with Crippen molar-refractivity contribution in [1.29, 1.82) is 0 Å². The van der Waals surface area contributed by atoms with Crippen molar-refractivity contribution in [2.45, 2.75) is 38.2 Å². The van der Waals surface area contributed by atoms with Crippen LogP contribution in [0.25, 0.3) is 0 Å². The average molecular weight is 162 g/mol. The SMILES string of the molecule is CCC1=NO[C@H]([C@H](C)Cl)C1. The lowest BCUT2D eigenvalue weighted by atomic mass is 10.1. The second-order valence-electron chi connectivity index (χ2n) is 2.54. The van der Waals surface area contributed by atoms with Crippen LogP contribution in [0, 0.1) is 0 Å². The molecule has 0 aromatic rings. The summed E-state index contributed by atoms with van der Waals surface area (Å²) in [5.74, 6) is 0. The summed E-state index contributed by atoms with van der Waals surface area (Å²) in [4.78, 5) is 5.07. The van der Waals surface area contributed by atoms with Gasteiger partial charge in [0.25, 0.3) is 0 Å². The monoisotopic (exact) mass is 161 g/mol. The molecule has 2 atom stereocenters. The largest absolute Gasteiger partial charge is 0.391 e. The van der Waals surface area contributed by atoms with Gasteiger partial charge in [-0.05, 0) is 13.3 Å². The van der Waals surface area contributed by atoms with Crippen molar-refractivity contribution in [2.24, 2.45) is 5.16 Å². The van der Waals surface area contributed by atoms with E-state index in [-0.39, 0.29) is 11.5 Å². The highest BCUT2D eigenvalue weighted by Crippen LogP contribution is 2.18. The standard InChI is InChI=1S/C7H12ClNO/c1-3-6-4-7(5(2)8)10-9-6/h5,7H,3-4H2,1-2H3/t5-,7-/m0/s1. The molecule has 2 nitrogen and oxygen atoms in total. The Morgan fingerprint density at radius 3 is 2.90 bits per heavy atom. The highest BCUT2D eigenvalue weighted by Gasteiger charge is 2.23. The number of halogens is 1. The van der Waals surface area contributed by atoms with Gasteiger partial charge in [0.1, 0.15) is 6.10 Å². The molecule has 0 saturated heterocycles. The third kappa shape index (κ3) is 1.63. The third-order valence-electron chi connectivity index (χ3n) is 1.67. The molecule has 0 unspecified atom stereocenters. The van der Waals surface area contributed by atoms with Crippen molar-refractivity contribution >= 4 is 17.3 Å². The van der Waals surface area contributed by atoms with E-state index in [2.05, 4.69) is 12.1 Å². The summed E-state index contributed by atoms with van der Waals surface area (Å²) in [5.41, 5.74) is 1.12. The second-order valence-corrected chi connectivity index (χ2v) is 3.23. The number of hydrogen-bond acceptors (Lipinski definition) is 2. The molecule has 10 heavy (non-hydrogen) atoms. The first-order chi connectivity index (χ1) is 4.74. The van der Waals surface area contributed by atoms with Gasteiger partial charge in [0.15, 0.2) is 0 Å². The van der Waals surface area contributed by atoms with Crippen LogP contribution in [-0.4, -0.2) is 17.2 Å². The van der Waals surface area contributed by atoms with E-state index in [9.17, 15) is 0 Å². The third-order valence-corrected chi connectivity index (χ3v) is 1.96. The van der Waals surface area contributed by atoms with Crippen LogP contribution in [0.4, 0.5) is 0 Å². The lowest BCUT2D eigenvalue weighted by Gasteiger charge is -2.08. The van der Waals surface area contributed by atoms with E-state index in [1.54, 1.807) is 0 Å². The normalized spacial score (nSPS) is 27.5. The minimum Gasteiger partial charge on any atom is -0.391 e. The highest BCUT2D eigenvalue weighted by atomic mass is 35.5. The molecule has 0 spiro atoms. The fourth-order valence-electron chi connectivity index (χ4n) is 0.904. The minimum absolute atomic E-state index is 0.0628. The maximum atomic E-state index is 5.81. The summed E-state index contributed by atoms with van der Waals surface area (Å²) in [5, 5.41) is 3.95. The number of oxime groups is 1. The first-order valence-electron chi connectivity index (χ1n) is 3.59. The molecule has 0 saturated carbocycles. The smallest absolute Gasteiger partial charge is 0.148 e. The van der Waals surface area contributed by atoms with Gasteiger partial charge in [0.2, 0.25) is 0 Å². The molecular weight excluding hydrogens is 150 g/mol. The van der Waals surface area contributed by atoms with Crippen molar-refractivity contribution < 1.29 is 4.84 Å². The quantitative estimate of drug-likeness (QED) is 0.569. The fraction of sp³-hybridized carbons (Fsp3) is 0.857. The molecule has 1 aliphatic rings. The Hall–Kier alpha value is -0.240. The Labute approximate surface area is 66.2 Å². The molecule has 0 amide bonds.